The van der Waals surface area contributed by atoms with Crippen LogP contribution in [0.2, 0.25) is 0 Å². The van der Waals surface area contributed by atoms with Crippen LogP contribution in [0.1, 0.15) is 28.7 Å². The first-order valence-electron chi connectivity index (χ1n) is 8.52. The van der Waals surface area contributed by atoms with Crippen LogP contribution >= 0.6 is 11.8 Å². The Balaban J connectivity index is 1.49. The van der Waals surface area contributed by atoms with Gasteiger partial charge in [0.25, 0.3) is 5.22 Å². The van der Waals surface area contributed by atoms with Crippen molar-refractivity contribution < 1.29 is 18.7 Å². The van der Waals surface area contributed by atoms with Gasteiger partial charge in [0.05, 0.1) is 19.3 Å². The minimum Gasteiger partial charge on any atom is -0.497 e. The van der Waals surface area contributed by atoms with E-state index in [1.165, 1.54) is 18.7 Å². The normalized spacial score (nSPS) is 10.5. The Bertz CT molecular complexity index is 952. The van der Waals surface area contributed by atoms with Crippen molar-refractivity contribution in [1.82, 2.24) is 10.2 Å². The van der Waals surface area contributed by atoms with E-state index in [1.807, 2.05) is 24.3 Å². The smallest absolute Gasteiger partial charge is 0.277 e. The lowest BCUT2D eigenvalue weighted by Crippen LogP contribution is -2.14. The van der Waals surface area contributed by atoms with E-state index in [0.717, 1.165) is 11.3 Å². The van der Waals surface area contributed by atoms with Gasteiger partial charge in [-0.25, -0.2) is 0 Å². The number of methoxy groups -OCH3 is 1. The molecule has 1 aromatic heterocycles. The van der Waals surface area contributed by atoms with Gasteiger partial charge < -0.3 is 14.5 Å². The highest BCUT2D eigenvalue weighted by Gasteiger charge is 2.11. The van der Waals surface area contributed by atoms with E-state index < -0.39 is 0 Å². The van der Waals surface area contributed by atoms with Crippen molar-refractivity contribution in [2.24, 2.45) is 0 Å². The molecular weight excluding hydrogens is 378 g/mol. The van der Waals surface area contributed by atoms with E-state index in [9.17, 15) is 9.59 Å². The third-order valence-corrected chi connectivity index (χ3v) is 4.68. The van der Waals surface area contributed by atoms with E-state index in [4.69, 9.17) is 9.15 Å². The molecule has 0 saturated carbocycles. The molecule has 0 unspecified atom stereocenters. The Hall–Kier alpha value is -3.13. The molecule has 8 heteroatoms. The molecular formula is C20H19N3O4S. The molecule has 0 fully saturated rings. The SMILES string of the molecule is COc1ccc(Cc2nnc(SCC(=O)Nc3ccc(C(C)=O)cc3)o2)cc1. The molecule has 2 aromatic carbocycles. The lowest BCUT2D eigenvalue weighted by molar-refractivity contribution is -0.113. The number of hydrogen-bond donors (Lipinski definition) is 1. The fraction of sp³-hybridized carbons (Fsp3) is 0.200. The number of ether oxygens (including phenoxy) is 1. The van der Waals surface area contributed by atoms with Crippen LogP contribution in [0.15, 0.2) is 58.2 Å². The number of aromatic nitrogens is 2. The van der Waals surface area contributed by atoms with Crippen LogP contribution in [0.4, 0.5) is 5.69 Å². The number of nitrogens with one attached hydrogen (secondary N) is 1. The molecule has 7 nitrogen and oxygen atoms in total. The van der Waals surface area contributed by atoms with Crippen LogP contribution in [0.3, 0.4) is 0 Å². The molecule has 0 spiro atoms. The van der Waals surface area contributed by atoms with Gasteiger partial charge in [-0.05, 0) is 48.9 Å². The molecule has 0 bridgehead atoms. The first kappa shape index (κ1) is 19.6. The molecule has 1 amide bonds. The Morgan fingerprint density at radius 1 is 1.07 bits per heavy atom. The Kier molecular flexibility index (Phi) is 6.44. The zero-order valence-electron chi connectivity index (χ0n) is 15.5. The summed E-state index contributed by atoms with van der Waals surface area (Å²) in [4.78, 5) is 23.3. The average molecular weight is 397 g/mol. The summed E-state index contributed by atoms with van der Waals surface area (Å²) in [6.45, 7) is 1.50. The van der Waals surface area contributed by atoms with Gasteiger partial charge in [0.1, 0.15) is 5.75 Å². The molecule has 0 atom stereocenters. The van der Waals surface area contributed by atoms with Gasteiger partial charge >= 0.3 is 0 Å². The van der Waals surface area contributed by atoms with E-state index in [2.05, 4.69) is 15.5 Å². The summed E-state index contributed by atoms with van der Waals surface area (Å²) >= 11 is 1.17. The molecule has 3 rings (SSSR count). The third-order valence-electron chi connectivity index (χ3n) is 3.86. The number of Topliss-reactive ketones (excluding diaryl/α,β-unsaturated/α-hetero) is 1. The van der Waals surface area contributed by atoms with Gasteiger partial charge in [-0.15, -0.1) is 10.2 Å². The molecule has 3 aromatic rings. The summed E-state index contributed by atoms with van der Waals surface area (Å²) < 4.78 is 10.7. The number of hydrogen-bond acceptors (Lipinski definition) is 7. The van der Waals surface area contributed by atoms with Crippen molar-refractivity contribution >= 4 is 29.1 Å². The molecule has 144 valence electrons. The number of thioether (sulfide) groups is 1. The second-order valence-corrected chi connectivity index (χ2v) is 6.88. The maximum Gasteiger partial charge on any atom is 0.277 e. The Labute approximate surface area is 166 Å². The molecule has 28 heavy (non-hydrogen) atoms. The summed E-state index contributed by atoms with van der Waals surface area (Å²) in [6.07, 6.45) is 0.506. The van der Waals surface area contributed by atoms with Crippen molar-refractivity contribution in [1.29, 1.82) is 0 Å². The quantitative estimate of drug-likeness (QED) is 0.458. The van der Waals surface area contributed by atoms with E-state index in [-0.39, 0.29) is 17.4 Å². The number of ketones is 1. The monoisotopic (exact) mass is 397 g/mol. The van der Waals surface area contributed by atoms with Crippen LogP contribution in [0.25, 0.3) is 0 Å². The molecule has 0 aliphatic carbocycles. The lowest BCUT2D eigenvalue weighted by Gasteiger charge is -2.04. The topological polar surface area (TPSA) is 94.3 Å². The summed E-state index contributed by atoms with van der Waals surface area (Å²) in [7, 11) is 1.62. The van der Waals surface area contributed by atoms with Gasteiger partial charge in [0.15, 0.2) is 5.78 Å². The molecule has 0 saturated heterocycles. The summed E-state index contributed by atoms with van der Waals surface area (Å²) in [5, 5.41) is 11.1. The van der Waals surface area contributed by atoms with Crippen LogP contribution in [0, 0.1) is 0 Å². The van der Waals surface area contributed by atoms with Crippen molar-refractivity contribution in [3.63, 3.8) is 0 Å². The predicted octanol–water partition coefficient (Wildman–Crippen LogP) is 3.60. The van der Waals surface area contributed by atoms with Crippen molar-refractivity contribution in [2.75, 3.05) is 18.2 Å². The highest BCUT2D eigenvalue weighted by molar-refractivity contribution is 7.99. The maximum absolute atomic E-state index is 12.1. The minimum atomic E-state index is -0.199. The van der Waals surface area contributed by atoms with Crippen LogP contribution in [-0.2, 0) is 11.2 Å². The maximum atomic E-state index is 12.1. The number of carbonyl (C=O) groups is 2. The standard InChI is InChI=1S/C20H19N3O4S/c1-13(24)15-5-7-16(8-6-15)21-18(25)12-28-20-23-22-19(27-20)11-14-3-9-17(26-2)10-4-14/h3-10H,11-12H2,1-2H3,(H,21,25). The molecule has 0 aliphatic heterocycles. The number of rotatable bonds is 8. The molecule has 1 heterocycles. The Morgan fingerprint density at radius 3 is 2.43 bits per heavy atom. The average Bonchev–Trinajstić information content (AvgIpc) is 3.15. The second kappa shape index (κ2) is 9.18. The van der Waals surface area contributed by atoms with Crippen molar-refractivity contribution in [2.45, 2.75) is 18.6 Å². The highest BCUT2D eigenvalue weighted by Crippen LogP contribution is 2.19. The van der Waals surface area contributed by atoms with Gasteiger partial charge in [0.2, 0.25) is 11.8 Å². The molecule has 0 aliphatic rings. The number of anilines is 1. The number of nitrogens with zero attached hydrogens (tertiary/aromatic N) is 2. The second-order valence-electron chi connectivity index (χ2n) is 5.96. The fourth-order valence-corrected chi connectivity index (χ4v) is 2.98. The highest BCUT2D eigenvalue weighted by atomic mass is 32.2. The van der Waals surface area contributed by atoms with Crippen LogP contribution in [0.5, 0.6) is 5.75 Å². The number of carbonyl (C=O) groups excluding carboxylic acids is 2. The van der Waals surface area contributed by atoms with Gasteiger partial charge in [-0.2, -0.15) is 0 Å². The van der Waals surface area contributed by atoms with Crippen LogP contribution in [-0.4, -0.2) is 34.8 Å². The first-order chi connectivity index (χ1) is 13.5. The number of benzene rings is 2. The van der Waals surface area contributed by atoms with Gasteiger partial charge in [-0.1, -0.05) is 23.9 Å². The number of amides is 1. The molecule has 0 radical (unpaired) electrons. The predicted molar refractivity (Wildman–Crippen MR) is 106 cm³/mol. The summed E-state index contributed by atoms with van der Waals surface area (Å²) in [6, 6.07) is 14.3. The fourth-order valence-electron chi connectivity index (χ4n) is 2.40. The summed E-state index contributed by atoms with van der Waals surface area (Å²) in [5.41, 5.74) is 2.25. The molecule has 1 N–H and O–H groups in total. The van der Waals surface area contributed by atoms with E-state index >= 15 is 0 Å². The van der Waals surface area contributed by atoms with Gasteiger partial charge in [-0.3, -0.25) is 9.59 Å². The van der Waals surface area contributed by atoms with E-state index in [1.54, 1.807) is 31.4 Å². The van der Waals surface area contributed by atoms with E-state index in [0.29, 0.717) is 28.8 Å². The first-order valence-corrected chi connectivity index (χ1v) is 9.51. The zero-order chi connectivity index (χ0) is 19.9. The minimum absolute atomic E-state index is 0.0183. The zero-order valence-corrected chi connectivity index (χ0v) is 16.3. The summed E-state index contributed by atoms with van der Waals surface area (Å²) in [5.74, 6) is 1.18. The third kappa shape index (κ3) is 5.43. The van der Waals surface area contributed by atoms with Crippen LogP contribution < -0.4 is 10.1 Å². The lowest BCUT2D eigenvalue weighted by atomic mass is 10.1. The van der Waals surface area contributed by atoms with Gasteiger partial charge in [0, 0.05) is 11.3 Å². The largest absolute Gasteiger partial charge is 0.497 e. The van der Waals surface area contributed by atoms with Crippen molar-refractivity contribution in [3.8, 4) is 5.75 Å². The Morgan fingerprint density at radius 2 is 1.79 bits per heavy atom. The van der Waals surface area contributed by atoms with Crippen molar-refractivity contribution in [3.05, 3.63) is 65.5 Å².